The maximum Gasteiger partial charge on any atom is 0.237 e. The second-order valence-corrected chi connectivity index (χ2v) is 8.42. The summed E-state index contributed by atoms with van der Waals surface area (Å²) >= 11 is 5.14. The summed E-state index contributed by atoms with van der Waals surface area (Å²) in [5.41, 5.74) is 2.82. The number of fused-ring (bicyclic) bond motifs is 1. The number of hydrogen-bond acceptors (Lipinski definition) is 5. The molecule has 144 valence electrons. The first-order valence-corrected chi connectivity index (χ1v) is 10.5. The maximum absolute atomic E-state index is 12.6. The second kappa shape index (κ2) is 8.89. The molecule has 5 nitrogen and oxygen atoms in total. The quantitative estimate of drug-likeness (QED) is 0.683. The molecule has 0 aromatic heterocycles. The van der Waals surface area contributed by atoms with E-state index in [0.717, 1.165) is 27.1 Å². The number of carbonyl (C=O) groups is 1. The molecule has 1 aliphatic heterocycles. The third kappa shape index (κ3) is 4.90. The Labute approximate surface area is 171 Å². The fourth-order valence-corrected chi connectivity index (χ4v) is 4.19. The van der Waals surface area contributed by atoms with Crippen molar-refractivity contribution in [3.05, 3.63) is 45.9 Å². The lowest BCUT2D eigenvalue weighted by atomic mass is 10.2. The summed E-state index contributed by atoms with van der Waals surface area (Å²) in [6.07, 6.45) is 0. The number of amides is 1. The van der Waals surface area contributed by atoms with Crippen molar-refractivity contribution in [2.75, 3.05) is 25.6 Å². The van der Waals surface area contributed by atoms with Gasteiger partial charge in [-0.3, -0.25) is 4.79 Å². The second-order valence-electron chi connectivity index (χ2n) is 6.23. The minimum Gasteiger partial charge on any atom is -0.495 e. The fraction of sp³-hybridized carbons (Fsp3) is 0.350. The van der Waals surface area contributed by atoms with Gasteiger partial charge in [0.15, 0.2) is 11.5 Å². The van der Waals surface area contributed by atoms with Crippen LogP contribution in [0.5, 0.6) is 17.2 Å². The third-order valence-electron chi connectivity index (χ3n) is 4.18. The standard InChI is InChI=1S/C20H22BrNO4S/c1-12-4-5-17(24-3)16(8-12)22-20(23)13(2)27-11-14-9-18-19(10-15(14)21)26-7-6-25-18/h4-5,8-10,13H,6-7,11H2,1-3H3,(H,22,23). The lowest BCUT2D eigenvalue weighted by Crippen LogP contribution is -2.23. The largest absolute Gasteiger partial charge is 0.495 e. The van der Waals surface area contributed by atoms with Crippen LogP contribution in [-0.4, -0.2) is 31.5 Å². The molecule has 1 atom stereocenters. The Hall–Kier alpha value is -1.86. The van der Waals surface area contributed by atoms with Gasteiger partial charge >= 0.3 is 0 Å². The van der Waals surface area contributed by atoms with Crippen LogP contribution in [-0.2, 0) is 10.5 Å². The molecule has 0 saturated heterocycles. The molecule has 1 aliphatic rings. The number of carbonyl (C=O) groups excluding carboxylic acids is 1. The monoisotopic (exact) mass is 451 g/mol. The Morgan fingerprint density at radius 2 is 1.96 bits per heavy atom. The van der Waals surface area contributed by atoms with Crippen LogP contribution in [0.4, 0.5) is 5.69 Å². The molecule has 27 heavy (non-hydrogen) atoms. The molecule has 0 bridgehead atoms. The summed E-state index contributed by atoms with van der Waals surface area (Å²) in [6, 6.07) is 9.61. The van der Waals surface area contributed by atoms with E-state index < -0.39 is 0 Å². The van der Waals surface area contributed by atoms with Crippen molar-refractivity contribution in [3.8, 4) is 17.2 Å². The average Bonchev–Trinajstić information content (AvgIpc) is 2.66. The highest BCUT2D eigenvalue weighted by atomic mass is 79.9. The van der Waals surface area contributed by atoms with Crippen molar-refractivity contribution >= 4 is 39.3 Å². The van der Waals surface area contributed by atoms with Crippen molar-refractivity contribution in [1.29, 1.82) is 0 Å². The molecule has 0 fully saturated rings. The summed E-state index contributed by atoms with van der Waals surface area (Å²) in [6.45, 7) is 4.99. The molecule has 1 amide bonds. The number of ether oxygens (including phenoxy) is 3. The van der Waals surface area contributed by atoms with Crippen LogP contribution in [0.15, 0.2) is 34.8 Å². The number of rotatable bonds is 6. The summed E-state index contributed by atoms with van der Waals surface area (Å²) in [5.74, 6) is 2.77. The van der Waals surface area contributed by atoms with Gasteiger partial charge < -0.3 is 19.5 Å². The van der Waals surface area contributed by atoms with E-state index in [4.69, 9.17) is 14.2 Å². The number of benzene rings is 2. The van der Waals surface area contributed by atoms with Crippen molar-refractivity contribution in [2.24, 2.45) is 0 Å². The number of anilines is 1. The van der Waals surface area contributed by atoms with Gasteiger partial charge in [-0.15, -0.1) is 11.8 Å². The number of methoxy groups -OCH3 is 1. The molecule has 1 unspecified atom stereocenters. The Morgan fingerprint density at radius 1 is 1.26 bits per heavy atom. The van der Waals surface area contributed by atoms with E-state index in [0.29, 0.717) is 30.4 Å². The van der Waals surface area contributed by atoms with Crippen LogP contribution < -0.4 is 19.5 Å². The van der Waals surface area contributed by atoms with E-state index >= 15 is 0 Å². The topological polar surface area (TPSA) is 56.8 Å². The Bertz CT molecular complexity index is 843. The zero-order chi connectivity index (χ0) is 19.4. The summed E-state index contributed by atoms with van der Waals surface area (Å²) in [4.78, 5) is 12.6. The van der Waals surface area contributed by atoms with Crippen LogP contribution in [0.3, 0.4) is 0 Å². The van der Waals surface area contributed by atoms with Gasteiger partial charge in [0.25, 0.3) is 0 Å². The Balaban J connectivity index is 1.63. The average molecular weight is 452 g/mol. The molecule has 2 aromatic rings. The van der Waals surface area contributed by atoms with E-state index in [-0.39, 0.29) is 11.2 Å². The minimum absolute atomic E-state index is 0.0578. The molecule has 0 radical (unpaired) electrons. The van der Waals surface area contributed by atoms with Crippen molar-refractivity contribution < 1.29 is 19.0 Å². The summed E-state index contributed by atoms with van der Waals surface area (Å²) < 4.78 is 17.5. The molecule has 7 heteroatoms. The smallest absolute Gasteiger partial charge is 0.237 e. The lowest BCUT2D eigenvalue weighted by molar-refractivity contribution is -0.115. The van der Waals surface area contributed by atoms with E-state index in [1.807, 2.05) is 44.2 Å². The SMILES string of the molecule is COc1ccc(C)cc1NC(=O)C(C)SCc1cc2c(cc1Br)OCCO2. The molecule has 0 saturated carbocycles. The summed E-state index contributed by atoms with van der Waals surface area (Å²) in [7, 11) is 1.60. The molecule has 2 aromatic carbocycles. The Kier molecular flexibility index (Phi) is 6.55. The van der Waals surface area contributed by atoms with Crippen LogP contribution in [0.2, 0.25) is 0 Å². The van der Waals surface area contributed by atoms with Gasteiger partial charge in [0.05, 0.1) is 18.0 Å². The number of aryl methyl sites for hydroxylation is 1. The first kappa shape index (κ1) is 19.9. The molecule has 1 heterocycles. The van der Waals surface area contributed by atoms with E-state index in [1.165, 1.54) is 0 Å². The molecular weight excluding hydrogens is 430 g/mol. The molecule has 0 spiro atoms. The Morgan fingerprint density at radius 3 is 2.67 bits per heavy atom. The van der Waals surface area contributed by atoms with Gasteiger partial charge in [-0.2, -0.15) is 0 Å². The first-order valence-electron chi connectivity index (χ1n) is 8.63. The number of nitrogens with one attached hydrogen (secondary N) is 1. The van der Waals surface area contributed by atoms with Crippen LogP contribution in [0.1, 0.15) is 18.1 Å². The number of halogens is 1. The van der Waals surface area contributed by atoms with Gasteiger partial charge in [-0.25, -0.2) is 0 Å². The third-order valence-corrected chi connectivity index (χ3v) is 6.11. The maximum atomic E-state index is 12.6. The van der Waals surface area contributed by atoms with Crippen LogP contribution in [0.25, 0.3) is 0 Å². The van der Waals surface area contributed by atoms with Gasteiger partial charge in [-0.05, 0) is 49.2 Å². The van der Waals surface area contributed by atoms with Gasteiger partial charge in [0, 0.05) is 10.2 Å². The predicted molar refractivity (Wildman–Crippen MR) is 112 cm³/mol. The normalized spacial score (nSPS) is 13.8. The van der Waals surface area contributed by atoms with Crippen LogP contribution in [0, 0.1) is 6.92 Å². The number of thioether (sulfide) groups is 1. The molecule has 0 aliphatic carbocycles. The fourth-order valence-electron chi connectivity index (χ4n) is 2.66. The zero-order valence-corrected chi connectivity index (χ0v) is 17.9. The molecule has 1 N–H and O–H groups in total. The van der Waals surface area contributed by atoms with Gasteiger partial charge in [0.1, 0.15) is 19.0 Å². The number of hydrogen-bond donors (Lipinski definition) is 1. The van der Waals surface area contributed by atoms with Crippen molar-refractivity contribution in [1.82, 2.24) is 0 Å². The highest BCUT2D eigenvalue weighted by Crippen LogP contribution is 2.37. The summed E-state index contributed by atoms with van der Waals surface area (Å²) in [5, 5.41) is 2.74. The van der Waals surface area contributed by atoms with E-state index in [9.17, 15) is 4.79 Å². The van der Waals surface area contributed by atoms with Crippen LogP contribution >= 0.6 is 27.7 Å². The van der Waals surface area contributed by atoms with Gasteiger partial charge in [-0.1, -0.05) is 22.0 Å². The highest BCUT2D eigenvalue weighted by molar-refractivity contribution is 9.10. The lowest BCUT2D eigenvalue weighted by Gasteiger charge is -2.20. The molecule has 3 rings (SSSR count). The van der Waals surface area contributed by atoms with E-state index in [2.05, 4.69) is 21.2 Å². The minimum atomic E-state index is -0.227. The highest BCUT2D eigenvalue weighted by Gasteiger charge is 2.19. The van der Waals surface area contributed by atoms with Crippen molar-refractivity contribution in [3.63, 3.8) is 0 Å². The van der Waals surface area contributed by atoms with Crippen molar-refractivity contribution in [2.45, 2.75) is 24.9 Å². The zero-order valence-electron chi connectivity index (χ0n) is 15.5. The molecular formula is C20H22BrNO4S. The van der Waals surface area contributed by atoms with Gasteiger partial charge in [0.2, 0.25) is 5.91 Å². The van der Waals surface area contributed by atoms with E-state index in [1.54, 1.807) is 18.9 Å². The first-order chi connectivity index (χ1) is 13.0. The predicted octanol–water partition coefficient (Wildman–Crippen LogP) is 4.80.